The predicted octanol–water partition coefficient (Wildman–Crippen LogP) is 3.96. The first kappa shape index (κ1) is 13.9. The summed E-state index contributed by atoms with van der Waals surface area (Å²) in [5, 5.41) is 5.63. The smallest absolute Gasteiger partial charge is 0.323 e. The predicted molar refractivity (Wildman–Crippen MR) is 81.6 cm³/mol. The molecule has 0 atom stereocenters. The molecule has 0 spiro atoms. The van der Waals surface area contributed by atoms with Gasteiger partial charge in [0.05, 0.1) is 7.11 Å². The van der Waals surface area contributed by atoms with E-state index in [4.69, 9.17) is 4.74 Å². The molecule has 2 aromatic rings. The number of urea groups is 1. The van der Waals surface area contributed by atoms with E-state index in [2.05, 4.69) is 10.6 Å². The molecule has 2 rings (SSSR count). The molecule has 4 nitrogen and oxygen atoms in total. The minimum Gasteiger partial charge on any atom is -0.497 e. The van der Waals surface area contributed by atoms with E-state index in [-0.39, 0.29) is 6.03 Å². The molecule has 4 heteroatoms. The van der Waals surface area contributed by atoms with Crippen molar-refractivity contribution < 1.29 is 9.53 Å². The Kier molecular flexibility index (Phi) is 4.25. The van der Waals surface area contributed by atoms with Crippen LogP contribution in [0.25, 0.3) is 0 Å². The minimum atomic E-state index is -0.271. The van der Waals surface area contributed by atoms with E-state index in [0.29, 0.717) is 11.4 Å². The lowest BCUT2D eigenvalue weighted by Crippen LogP contribution is -2.20. The Hall–Kier alpha value is -2.49. The molecule has 0 saturated heterocycles. The van der Waals surface area contributed by atoms with Crippen molar-refractivity contribution in [2.24, 2.45) is 0 Å². The number of amides is 2. The number of anilines is 2. The maximum Gasteiger partial charge on any atom is 0.323 e. The van der Waals surface area contributed by atoms with Gasteiger partial charge in [0.2, 0.25) is 0 Å². The van der Waals surface area contributed by atoms with Gasteiger partial charge in [-0.1, -0.05) is 18.2 Å². The number of aryl methyl sites for hydroxylation is 2. The second-order valence-corrected chi connectivity index (χ2v) is 4.63. The molecule has 2 N–H and O–H groups in total. The van der Waals surface area contributed by atoms with E-state index in [9.17, 15) is 4.79 Å². The number of carbonyl (C=O) groups is 1. The quantitative estimate of drug-likeness (QED) is 0.887. The van der Waals surface area contributed by atoms with E-state index in [1.807, 2.05) is 50.2 Å². The summed E-state index contributed by atoms with van der Waals surface area (Å²) in [4.78, 5) is 12.0. The third-order valence-electron chi connectivity index (χ3n) is 2.97. The van der Waals surface area contributed by atoms with Crippen molar-refractivity contribution in [3.05, 3.63) is 53.6 Å². The zero-order chi connectivity index (χ0) is 14.5. The number of nitrogens with one attached hydrogen (secondary N) is 2. The molecule has 0 heterocycles. The Morgan fingerprint density at radius 3 is 2.60 bits per heavy atom. The maximum atomic E-state index is 12.0. The Labute approximate surface area is 118 Å². The Balaban J connectivity index is 2.07. The monoisotopic (exact) mass is 270 g/mol. The summed E-state index contributed by atoms with van der Waals surface area (Å²) in [5.74, 6) is 0.703. The number of hydrogen-bond acceptors (Lipinski definition) is 2. The van der Waals surface area contributed by atoms with Gasteiger partial charge in [-0.05, 0) is 43.2 Å². The highest BCUT2D eigenvalue weighted by Gasteiger charge is 2.05. The van der Waals surface area contributed by atoms with Crippen LogP contribution in [0.3, 0.4) is 0 Å². The summed E-state index contributed by atoms with van der Waals surface area (Å²) in [7, 11) is 1.59. The number of rotatable bonds is 3. The molecule has 0 aromatic heterocycles. The highest BCUT2D eigenvalue weighted by Crippen LogP contribution is 2.19. The van der Waals surface area contributed by atoms with Crippen molar-refractivity contribution in [2.45, 2.75) is 13.8 Å². The van der Waals surface area contributed by atoms with Crippen molar-refractivity contribution in [3.63, 3.8) is 0 Å². The minimum absolute atomic E-state index is 0.271. The average molecular weight is 270 g/mol. The maximum absolute atomic E-state index is 12.0. The van der Waals surface area contributed by atoms with Gasteiger partial charge in [-0.25, -0.2) is 4.79 Å². The van der Waals surface area contributed by atoms with Crippen LogP contribution in [0, 0.1) is 13.8 Å². The zero-order valence-electron chi connectivity index (χ0n) is 11.9. The molecule has 0 bridgehead atoms. The fourth-order valence-corrected chi connectivity index (χ4v) is 1.86. The van der Waals surface area contributed by atoms with Crippen LogP contribution >= 0.6 is 0 Å². The Morgan fingerprint density at radius 1 is 1.05 bits per heavy atom. The molecule has 104 valence electrons. The van der Waals surface area contributed by atoms with E-state index >= 15 is 0 Å². The molecule has 0 unspecified atom stereocenters. The van der Waals surface area contributed by atoms with E-state index in [1.54, 1.807) is 13.2 Å². The SMILES string of the molecule is COc1cccc(NC(=O)Nc2cc(C)ccc2C)c1. The topological polar surface area (TPSA) is 50.4 Å². The van der Waals surface area contributed by atoms with E-state index < -0.39 is 0 Å². The second kappa shape index (κ2) is 6.10. The van der Waals surface area contributed by atoms with Crippen LogP contribution < -0.4 is 15.4 Å². The van der Waals surface area contributed by atoms with Gasteiger partial charge in [0.1, 0.15) is 5.75 Å². The summed E-state index contributed by atoms with van der Waals surface area (Å²) in [6.07, 6.45) is 0. The molecule has 20 heavy (non-hydrogen) atoms. The van der Waals surface area contributed by atoms with Gasteiger partial charge in [-0.3, -0.25) is 0 Å². The largest absolute Gasteiger partial charge is 0.497 e. The molecule has 0 fully saturated rings. The lowest BCUT2D eigenvalue weighted by molar-refractivity contribution is 0.262. The number of benzene rings is 2. The fourth-order valence-electron chi connectivity index (χ4n) is 1.86. The second-order valence-electron chi connectivity index (χ2n) is 4.63. The molecule has 2 aromatic carbocycles. The number of methoxy groups -OCH3 is 1. The standard InChI is InChI=1S/C16H18N2O2/c1-11-7-8-12(2)15(9-11)18-16(19)17-13-5-4-6-14(10-13)20-3/h4-10H,1-3H3,(H2,17,18,19). The van der Waals surface area contributed by atoms with Crippen LogP contribution in [0.2, 0.25) is 0 Å². The van der Waals surface area contributed by atoms with Gasteiger partial charge < -0.3 is 15.4 Å². The molecule has 0 aliphatic carbocycles. The fraction of sp³-hybridized carbons (Fsp3) is 0.188. The van der Waals surface area contributed by atoms with E-state index in [0.717, 1.165) is 16.8 Å². The summed E-state index contributed by atoms with van der Waals surface area (Å²) < 4.78 is 5.12. The molecule has 0 radical (unpaired) electrons. The lowest BCUT2D eigenvalue weighted by atomic mass is 10.1. The van der Waals surface area contributed by atoms with Crippen molar-refractivity contribution in [2.75, 3.05) is 17.7 Å². The van der Waals surface area contributed by atoms with Crippen LogP contribution in [0.15, 0.2) is 42.5 Å². The van der Waals surface area contributed by atoms with Crippen molar-refractivity contribution in [1.82, 2.24) is 0 Å². The van der Waals surface area contributed by atoms with Crippen LogP contribution in [0.4, 0.5) is 16.2 Å². The van der Waals surface area contributed by atoms with Gasteiger partial charge in [0.15, 0.2) is 0 Å². The summed E-state index contributed by atoms with van der Waals surface area (Å²) >= 11 is 0. The Bertz CT molecular complexity index is 624. The number of carbonyl (C=O) groups excluding carboxylic acids is 1. The van der Waals surface area contributed by atoms with Crippen LogP contribution in [0.1, 0.15) is 11.1 Å². The zero-order valence-corrected chi connectivity index (χ0v) is 11.9. The highest BCUT2D eigenvalue weighted by molar-refractivity contribution is 6.00. The van der Waals surface area contributed by atoms with Crippen LogP contribution in [-0.4, -0.2) is 13.1 Å². The third kappa shape index (κ3) is 3.51. The normalized spacial score (nSPS) is 9.95. The van der Waals surface area contributed by atoms with Gasteiger partial charge in [0.25, 0.3) is 0 Å². The van der Waals surface area contributed by atoms with Crippen molar-refractivity contribution in [3.8, 4) is 5.75 Å². The van der Waals surface area contributed by atoms with Crippen LogP contribution in [-0.2, 0) is 0 Å². The first-order valence-electron chi connectivity index (χ1n) is 6.38. The van der Waals surface area contributed by atoms with Gasteiger partial charge in [-0.15, -0.1) is 0 Å². The molecular weight excluding hydrogens is 252 g/mol. The first-order valence-corrected chi connectivity index (χ1v) is 6.38. The molecule has 0 saturated carbocycles. The summed E-state index contributed by atoms with van der Waals surface area (Å²) in [5.41, 5.74) is 3.63. The number of hydrogen-bond donors (Lipinski definition) is 2. The summed E-state index contributed by atoms with van der Waals surface area (Å²) in [6.45, 7) is 3.95. The first-order chi connectivity index (χ1) is 9.58. The average Bonchev–Trinajstić information content (AvgIpc) is 2.43. The van der Waals surface area contributed by atoms with Crippen molar-refractivity contribution in [1.29, 1.82) is 0 Å². The van der Waals surface area contributed by atoms with Crippen LogP contribution in [0.5, 0.6) is 5.75 Å². The third-order valence-corrected chi connectivity index (χ3v) is 2.97. The Morgan fingerprint density at radius 2 is 1.85 bits per heavy atom. The lowest BCUT2D eigenvalue weighted by Gasteiger charge is -2.11. The van der Waals surface area contributed by atoms with Gasteiger partial charge in [0, 0.05) is 17.4 Å². The molecule has 0 aliphatic heterocycles. The van der Waals surface area contributed by atoms with Crippen molar-refractivity contribution >= 4 is 17.4 Å². The number of ether oxygens (including phenoxy) is 1. The van der Waals surface area contributed by atoms with E-state index in [1.165, 1.54) is 0 Å². The molecule has 2 amide bonds. The highest BCUT2D eigenvalue weighted by atomic mass is 16.5. The van der Waals surface area contributed by atoms with Gasteiger partial charge >= 0.3 is 6.03 Å². The molecular formula is C16H18N2O2. The summed E-state index contributed by atoms with van der Waals surface area (Å²) in [6, 6.07) is 12.9. The molecule has 0 aliphatic rings. The van der Waals surface area contributed by atoms with Gasteiger partial charge in [-0.2, -0.15) is 0 Å².